The van der Waals surface area contributed by atoms with E-state index in [-0.39, 0.29) is 4.90 Å². The van der Waals surface area contributed by atoms with Gasteiger partial charge in [-0.3, -0.25) is 10.9 Å². The SMILES string of the molecule is Cc1cc(C)cc(OCCCNC(=O)NNc2cc(C)c(C)cc2S(C)(=O)=O)c1. The van der Waals surface area contributed by atoms with E-state index in [2.05, 4.69) is 22.2 Å². The van der Waals surface area contributed by atoms with Crippen LogP contribution in [0.5, 0.6) is 5.75 Å². The van der Waals surface area contributed by atoms with Gasteiger partial charge in [-0.2, -0.15) is 0 Å². The highest BCUT2D eigenvalue weighted by atomic mass is 32.2. The van der Waals surface area contributed by atoms with Crippen molar-refractivity contribution in [1.29, 1.82) is 0 Å². The van der Waals surface area contributed by atoms with Crippen LogP contribution in [0.1, 0.15) is 28.7 Å². The average Bonchev–Trinajstić information content (AvgIpc) is 2.60. The van der Waals surface area contributed by atoms with Crippen molar-refractivity contribution in [2.75, 3.05) is 24.8 Å². The number of hydrazine groups is 1. The molecule has 0 spiro atoms. The van der Waals surface area contributed by atoms with Gasteiger partial charge in [0, 0.05) is 12.8 Å². The minimum atomic E-state index is -3.43. The Hall–Kier alpha value is -2.74. The van der Waals surface area contributed by atoms with Gasteiger partial charge in [0.05, 0.1) is 17.2 Å². The first-order chi connectivity index (χ1) is 13.6. The third-order valence-electron chi connectivity index (χ3n) is 4.38. The normalized spacial score (nSPS) is 11.1. The molecule has 3 N–H and O–H groups in total. The fraction of sp³-hybridized carbons (Fsp3) is 0.381. The average molecular weight is 420 g/mol. The molecular weight excluding hydrogens is 390 g/mol. The van der Waals surface area contributed by atoms with Crippen LogP contribution in [0.15, 0.2) is 35.2 Å². The number of hydrogen-bond acceptors (Lipinski definition) is 5. The number of aryl methyl sites for hydroxylation is 4. The molecule has 0 radical (unpaired) electrons. The van der Waals surface area contributed by atoms with Crippen LogP contribution in [0.4, 0.5) is 10.5 Å². The van der Waals surface area contributed by atoms with E-state index >= 15 is 0 Å². The topological polar surface area (TPSA) is 96.5 Å². The highest BCUT2D eigenvalue weighted by Crippen LogP contribution is 2.24. The smallest absolute Gasteiger partial charge is 0.333 e. The van der Waals surface area contributed by atoms with Crippen molar-refractivity contribution < 1.29 is 17.9 Å². The number of hydrogen-bond donors (Lipinski definition) is 3. The first-order valence-electron chi connectivity index (χ1n) is 9.38. The molecule has 2 amide bonds. The van der Waals surface area contributed by atoms with Crippen LogP contribution < -0.4 is 20.9 Å². The summed E-state index contributed by atoms with van der Waals surface area (Å²) >= 11 is 0. The van der Waals surface area contributed by atoms with Gasteiger partial charge >= 0.3 is 6.03 Å². The summed E-state index contributed by atoms with van der Waals surface area (Å²) in [7, 11) is -3.43. The van der Waals surface area contributed by atoms with Gasteiger partial charge in [0.1, 0.15) is 5.75 Å². The van der Waals surface area contributed by atoms with Gasteiger partial charge in [-0.05, 0) is 80.6 Å². The molecule has 7 nitrogen and oxygen atoms in total. The molecule has 2 rings (SSSR count). The minimum Gasteiger partial charge on any atom is -0.494 e. The van der Waals surface area contributed by atoms with E-state index in [1.807, 2.05) is 39.8 Å². The van der Waals surface area contributed by atoms with E-state index in [1.165, 1.54) is 0 Å². The molecule has 2 aromatic rings. The van der Waals surface area contributed by atoms with E-state index in [9.17, 15) is 13.2 Å². The van der Waals surface area contributed by atoms with Crippen LogP contribution in [0.25, 0.3) is 0 Å². The summed E-state index contributed by atoms with van der Waals surface area (Å²) in [6, 6.07) is 8.87. The van der Waals surface area contributed by atoms with Gasteiger partial charge in [0.15, 0.2) is 9.84 Å². The van der Waals surface area contributed by atoms with Gasteiger partial charge in [-0.1, -0.05) is 6.07 Å². The lowest BCUT2D eigenvalue weighted by atomic mass is 10.1. The van der Waals surface area contributed by atoms with Crippen molar-refractivity contribution >= 4 is 21.6 Å². The standard InChI is InChI=1S/C21H29N3O4S/c1-14-9-15(2)11-18(10-14)28-8-6-7-22-21(25)24-23-19-12-16(3)17(4)13-20(19)29(5,26)27/h9-13,23H,6-8H2,1-5H3,(H2,22,24,25). The zero-order valence-corrected chi connectivity index (χ0v) is 18.4. The predicted octanol–water partition coefficient (Wildman–Crippen LogP) is 3.42. The van der Waals surface area contributed by atoms with Gasteiger partial charge < -0.3 is 10.1 Å². The molecule has 0 fully saturated rings. The third kappa shape index (κ3) is 6.98. The van der Waals surface area contributed by atoms with E-state index in [0.29, 0.717) is 25.3 Å². The molecule has 0 aliphatic heterocycles. The van der Waals surface area contributed by atoms with E-state index in [0.717, 1.165) is 34.3 Å². The molecule has 0 aromatic heterocycles. The summed E-state index contributed by atoms with van der Waals surface area (Å²) < 4.78 is 29.7. The Labute approximate surface area is 172 Å². The van der Waals surface area contributed by atoms with Crippen molar-refractivity contribution in [2.45, 2.75) is 39.0 Å². The number of carbonyl (C=O) groups excluding carboxylic acids is 1. The van der Waals surface area contributed by atoms with Crippen molar-refractivity contribution in [3.8, 4) is 5.75 Å². The Kier molecular flexibility index (Phi) is 7.50. The molecule has 8 heteroatoms. The first kappa shape index (κ1) is 22.5. The van der Waals surface area contributed by atoms with Crippen LogP contribution in [-0.4, -0.2) is 33.9 Å². The number of anilines is 1. The Morgan fingerprint density at radius 2 is 1.59 bits per heavy atom. The number of benzene rings is 2. The third-order valence-corrected chi connectivity index (χ3v) is 5.51. The largest absolute Gasteiger partial charge is 0.494 e. The molecule has 0 heterocycles. The molecule has 0 saturated carbocycles. The Bertz CT molecular complexity index is 967. The van der Waals surface area contributed by atoms with Gasteiger partial charge in [-0.15, -0.1) is 0 Å². The molecule has 0 saturated heterocycles. The highest BCUT2D eigenvalue weighted by Gasteiger charge is 2.15. The van der Waals surface area contributed by atoms with E-state index < -0.39 is 15.9 Å². The molecule has 2 aromatic carbocycles. The number of urea groups is 1. The van der Waals surface area contributed by atoms with Crippen molar-refractivity contribution in [3.63, 3.8) is 0 Å². The Morgan fingerprint density at radius 1 is 0.966 bits per heavy atom. The van der Waals surface area contributed by atoms with E-state index in [1.54, 1.807) is 12.1 Å². The molecular formula is C21H29N3O4S. The zero-order chi connectivity index (χ0) is 21.6. The first-order valence-corrected chi connectivity index (χ1v) is 11.3. The number of carbonyl (C=O) groups is 1. The summed E-state index contributed by atoms with van der Waals surface area (Å²) in [6.07, 6.45) is 1.77. The molecule has 158 valence electrons. The highest BCUT2D eigenvalue weighted by molar-refractivity contribution is 7.90. The Balaban J connectivity index is 1.80. The molecule has 0 unspecified atom stereocenters. The van der Waals surface area contributed by atoms with E-state index in [4.69, 9.17) is 4.74 Å². The number of rotatable bonds is 8. The summed E-state index contributed by atoms with van der Waals surface area (Å²) in [5.74, 6) is 0.816. The lowest BCUT2D eigenvalue weighted by Crippen LogP contribution is -2.40. The maximum atomic E-state index is 12.0. The summed E-state index contributed by atoms with van der Waals surface area (Å²) in [6.45, 7) is 8.65. The number of nitrogens with one attached hydrogen (secondary N) is 3. The van der Waals surface area contributed by atoms with Crippen molar-refractivity contribution in [3.05, 3.63) is 52.6 Å². The maximum Gasteiger partial charge on any atom is 0.333 e. The van der Waals surface area contributed by atoms with Crippen LogP contribution >= 0.6 is 0 Å². The van der Waals surface area contributed by atoms with Gasteiger partial charge in [0.2, 0.25) is 0 Å². The quantitative estimate of drug-likeness (QED) is 0.450. The molecule has 0 aliphatic rings. The van der Waals surface area contributed by atoms with Crippen LogP contribution in [0.2, 0.25) is 0 Å². The second-order valence-corrected chi connectivity index (χ2v) is 9.22. The fourth-order valence-electron chi connectivity index (χ4n) is 2.84. The number of ether oxygens (including phenoxy) is 1. The predicted molar refractivity (Wildman–Crippen MR) is 115 cm³/mol. The summed E-state index contributed by atoms with van der Waals surface area (Å²) in [4.78, 5) is 12.1. The number of amides is 2. The molecule has 0 aliphatic carbocycles. The zero-order valence-electron chi connectivity index (χ0n) is 17.5. The number of sulfone groups is 1. The summed E-state index contributed by atoms with van der Waals surface area (Å²) in [5, 5.41) is 2.70. The van der Waals surface area contributed by atoms with Crippen molar-refractivity contribution in [2.24, 2.45) is 0 Å². The minimum absolute atomic E-state index is 0.141. The monoisotopic (exact) mass is 419 g/mol. The van der Waals surface area contributed by atoms with Gasteiger partial charge in [-0.25, -0.2) is 13.2 Å². The Morgan fingerprint density at radius 3 is 2.21 bits per heavy atom. The lowest BCUT2D eigenvalue weighted by Gasteiger charge is -2.15. The van der Waals surface area contributed by atoms with Crippen LogP contribution in [0, 0.1) is 27.7 Å². The second kappa shape index (κ2) is 9.65. The van der Waals surface area contributed by atoms with Crippen molar-refractivity contribution in [1.82, 2.24) is 10.7 Å². The molecule has 0 bridgehead atoms. The van der Waals surface area contributed by atoms with Gasteiger partial charge in [0.25, 0.3) is 0 Å². The van der Waals surface area contributed by atoms with Crippen LogP contribution in [0.3, 0.4) is 0 Å². The van der Waals surface area contributed by atoms with Crippen LogP contribution in [-0.2, 0) is 9.84 Å². The maximum absolute atomic E-state index is 12.0. The molecule has 29 heavy (non-hydrogen) atoms. The molecule has 0 atom stereocenters. The fourth-order valence-corrected chi connectivity index (χ4v) is 3.74. The lowest BCUT2D eigenvalue weighted by molar-refractivity contribution is 0.241. The summed E-state index contributed by atoms with van der Waals surface area (Å²) in [5.41, 5.74) is 9.58. The second-order valence-electron chi connectivity index (χ2n) is 7.24.